The number of halogens is 1. The highest BCUT2D eigenvalue weighted by atomic mass is 35.5. The number of hydrogen-bond acceptors (Lipinski definition) is 4. The molecule has 6 nitrogen and oxygen atoms in total. The van der Waals surface area contributed by atoms with Gasteiger partial charge in [-0.3, -0.25) is 4.98 Å². The van der Waals surface area contributed by atoms with Gasteiger partial charge in [-0.05, 0) is 12.1 Å². The van der Waals surface area contributed by atoms with Crippen molar-refractivity contribution in [1.29, 1.82) is 0 Å². The first kappa shape index (κ1) is 10.4. The third-order valence-electron chi connectivity index (χ3n) is 1.78. The molecule has 82 valence electrons. The minimum absolute atomic E-state index is 0.109. The van der Waals surface area contributed by atoms with E-state index in [1.807, 2.05) is 0 Å². The molecule has 1 amide bonds. The first-order valence-electron chi connectivity index (χ1n) is 4.29. The van der Waals surface area contributed by atoms with Gasteiger partial charge in [0, 0.05) is 6.20 Å². The number of carbonyl (C=O) groups is 1. The fraction of sp³-hybridized carbons (Fsp3) is 0. The van der Waals surface area contributed by atoms with Gasteiger partial charge in [0.25, 0.3) is 0 Å². The van der Waals surface area contributed by atoms with E-state index in [4.69, 9.17) is 17.3 Å². The molecule has 0 fully saturated rings. The van der Waals surface area contributed by atoms with Crippen LogP contribution in [0.4, 0.5) is 4.79 Å². The maximum absolute atomic E-state index is 10.6. The molecule has 0 radical (unpaired) electrons. The second kappa shape index (κ2) is 4.19. The molecule has 7 heteroatoms. The van der Waals surface area contributed by atoms with Crippen molar-refractivity contribution in [2.24, 2.45) is 5.73 Å². The molecule has 2 aromatic rings. The van der Waals surface area contributed by atoms with E-state index in [1.54, 1.807) is 24.5 Å². The third-order valence-corrected chi connectivity index (χ3v) is 2.13. The first-order valence-corrected chi connectivity index (χ1v) is 4.67. The molecule has 0 unspecified atom stereocenters. The van der Waals surface area contributed by atoms with Crippen molar-refractivity contribution in [2.75, 3.05) is 0 Å². The number of nitrogens with two attached hydrogens (primary N) is 1. The summed E-state index contributed by atoms with van der Waals surface area (Å²) >= 11 is 5.94. The molecule has 0 aliphatic carbocycles. The number of rotatable bonds is 2. The zero-order valence-corrected chi connectivity index (χ0v) is 8.76. The van der Waals surface area contributed by atoms with Crippen molar-refractivity contribution in [3.05, 3.63) is 35.9 Å². The summed E-state index contributed by atoms with van der Waals surface area (Å²) in [6, 6.07) is 3.50. The SMILES string of the molecule is NC(=O)Oc1cnn(-c2cccnc2)c1Cl. The standard InChI is InChI=1S/C9H7ClN4O2/c10-8-7(16-9(11)15)5-13-14(8)6-2-1-3-12-4-6/h1-5H,(H2,11,15). The minimum Gasteiger partial charge on any atom is -0.405 e. The summed E-state index contributed by atoms with van der Waals surface area (Å²) in [6.07, 6.45) is 3.57. The molecular weight excluding hydrogens is 232 g/mol. The van der Waals surface area contributed by atoms with Crippen LogP contribution in [0.15, 0.2) is 30.7 Å². The van der Waals surface area contributed by atoms with Crippen LogP contribution in [0.2, 0.25) is 5.15 Å². The lowest BCUT2D eigenvalue weighted by Crippen LogP contribution is -2.16. The number of carbonyl (C=O) groups excluding carboxylic acids is 1. The van der Waals surface area contributed by atoms with Gasteiger partial charge in [0.15, 0.2) is 10.9 Å². The largest absolute Gasteiger partial charge is 0.410 e. The van der Waals surface area contributed by atoms with Gasteiger partial charge in [-0.15, -0.1) is 0 Å². The van der Waals surface area contributed by atoms with Crippen LogP contribution in [0.3, 0.4) is 0 Å². The normalized spacial score (nSPS) is 10.1. The fourth-order valence-electron chi connectivity index (χ4n) is 1.15. The minimum atomic E-state index is -0.937. The maximum Gasteiger partial charge on any atom is 0.410 e. The number of pyridine rings is 1. The summed E-state index contributed by atoms with van der Waals surface area (Å²) in [6.45, 7) is 0. The van der Waals surface area contributed by atoms with Crippen LogP contribution in [0.1, 0.15) is 0 Å². The Kier molecular flexibility index (Phi) is 2.74. The Balaban J connectivity index is 2.37. The lowest BCUT2D eigenvalue weighted by atomic mass is 10.4. The Morgan fingerprint density at radius 1 is 1.50 bits per heavy atom. The van der Waals surface area contributed by atoms with Crippen LogP contribution >= 0.6 is 11.6 Å². The number of primary amides is 1. The van der Waals surface area contributed by atoms with E-state index >= 15 is 0 Å². The smallest absolute Gasteiger partial charge is 0.405 e. The van der Waals surface area contributed by atoms with E-state index in [-0.39, 0.29) is 10.9 Å². The zero-order valence-electron chi connectivity index (χ0n) is 8.00. The van der Waals surface area contributed by atoms with Crippen LogP contribution in [0, 0.1) is 0 Å². The van der Waals surface area contributed by atoms with Crippen LogP contribution in [0.25, 0.3) is 5.69 Å². The predicted octanol–water partition coefficient (Wildman–Crippen LogP) is 1.38. The van der Waals surface area contributed by atoms with E-state index in [2.05, 4.69) is 14.8 Å². The Morgan fingerprint density at radius 3 is 2.94 bits per heavy atom. The summed E-state index contributed by atoms with van der Waals surface area (Å²) in [5, 5.41) is 4.11. The van der Waals surface area contributed by atoms with Crippen LogP contribution in [-0.4, -0.2) is 20.9 Å². The van der Waals surface area contributed by atoms with E-state index in [0.717, 1.165) is 0 Å². The molecule has 0 bridgehead atoms. The molecule has 0 aromatic carbocycles. The number of aromatic nitrogens is 3. The Bertz CT molecular complexity index is 511. The Labute approximate surface area is 95.6 Å². The van der Waals surface area contributed by atoms with Gasteiger partial charge >= 0.3 is 6.09 Å². The summed E-state index contributed by atoms with van der Waals surface area (Å²) in [4.78, 5) is 14.5. The van der Waals surface area contributed by atoms with Gasteiger partial charge in [-0.1, -0.05) is 11.6 Å². The second-order valence-corrected chi connectivity index (χ2v) is 3.20. The van der Waals surface area contributed by atoms with Gasteiger partial charge in [0.2, 0.25) is 0 Å². The molecule has 0 atom stereocenters. The Hall–Kier alpha value is -2.08. The maximum atomic E-state index is 10.6. The molecule has 2 rings (SSSR count). The molecule has 0 spiro atoms. The quantitative estimate of drug-likeness (QED) is 0.857. The third kappa shape index (κ3) is 1.96. The highest BCUT2D eigenvalue weighted by molar-refractivity contribution is 6.31. The van der Waals surface area contributed by atoms with Crippen molar-refractivity contribution in [1.82, 2.24) is 14.8 Å². The molecule has 0 saturated heterocycles. The van der Waals surface area contributed by atoms with Crippen molar-refractivity contribution in [3.63, 3.8) is 0 Å². The van der Waals surface area contributed by atoms with Crippen LogP contribution in [-0.2, 0) is 0 Å². The van der Waals surface area contributed by atoms with Crippen molar-refractivity contribution >= 4 is 17.7 Å². The highest BCUT2D eigenvalue weighted by Gasteiger charge is 2.13. The molecular formula is C9H7ClN4O2. The Morgan fingerprint density at radius 2 is 2.31 bits per heavy atom. The lowest BCUT2D eigenvalue weighted by molar-refractivity contribution is 0.211. The molecule has 2 aromatic heterocycles. The zero-order chi connectivity index (χ0) is 11.5. The average Bonchev–Trinajstić information content (AvgIpc) is 2.61. The number of nitrogens with zero attached hydrogens (tertiary/aromatic N) is 3. The number of hydrogen-bond donors (Lipinski definition) is 1. The van der Waals surface area contributed by atoms with Gasteiger partial charge in [0.05, 0.1) is 18.1 Å². The van der Waals surface area contributed by atoms with Gasteiger partial charge in [0.1, 0.15) is 0 Å². The molecule has 16 heavy (non-hydrogen) atoms. The first-order chi connectivity index (χ1) is 7.68. The summed E-state index contributed by atoms with van der Waals surface area (Å²) in [7, 11) is 0. The van der Waals surface area contributed by atoms with Crippen LogP contribution < -0.4 is 10.5 Å². The van der Waals surface area contributed by atoms with Gasteiger partial charge in [-0.2, -0.15) is 5.10 Å². The molecule has 0 aliphatic rings. The summed E-state index contributed by atoms with van der Waals surface area (Å²) in [5.74, 6) is 0.109. The number of amides is 1. The lowest BCUT2D eigenvalue weighted by Gasteiger charge is -2.02. The van der Waals surface area contributed by atoms with E-state index < -0.39 is 6.09 Å². The molecule has 0 aliphatic heterocycles. The topological polar surface area (TPSA) is 83.0 Å². The monoisotopic (exact) mass is 238 g/mol. The predicted molar refractivity (Wildman–Crippen MR) is 56.6 cm³/mol. The van der Waals surface area contributed by atoms with Crippen molar-refractivity contribution in [2.45, 2.75) is 0 Å². The van der Waals surface area contributed by atoms with Crippen LogP contribution in [0.5, 0.6) is 5.75 Å². The van der Waals surface area contributed by atoms with E-state index in [9.17, 15) is 4.79 Å². The van der Waals surface area contributed by atoms with Crippen molar-refractivity contribution in [3.8, 4) is 11.4 Å². The van der Waals surface area contributed by atoms with Gasteiger partial charge < -0.3 is 10.5 Å². The van der Waals surface area contributed by atoms with Gasteiger partial charge in [-0.25, -0.2) is 9.48 Å². The van der Waals surface area contributed by atoms with E-state index in [0.29, 0.717) is 5.69 Å². The molecule has 2 heterocycles. The highest BCUT2D eigenvalue weighted by Crippen LogP contribution is 2.26. The van der Waals surface area contributed by atoms with Crippen molar-refractivity contribution < 1.29 is 9.53 Å². The van der Waals surface area contributed by atoms with E-state index in [1.165, 1.54) is 10.9 Å². The average molecular weight is 239 g/mol. The molecule has 2 N–H and O–H groups in total. The molecule has 0 saturated carbocycles. The summed E-state index contributed by atoms with van der Waals surface area (Å²) in [5.41, 5.74) is 5.53. The fourth-order valence-corrected chi connectivity index (χ4v) is 1.38. The second-order valence-electron chi connectivity index (χ2n) is 2.84. The number of ether oxygens (including phenoxy) is 1. The summed E-state index contributed by atoms with van der Waals surface area (Å²) < 4.78 is 6.03.